The fraction of sp³-hybridized carbons (Fsp3) is 1.00. The van der Waals surface area contributed by atoms with Crippen molar-refractivity contribution in [2.24, 2.45) is 5.92 Å². The Kier molecular flexibility index (Phi) is 4.64. The Hall–Kier alpha value is -0.170. The highest BCUT2D eigenvalue weighted by Crippen LogP contribution is 2.26. The molecule has 0 saturated carbocycles. The maximum atomic E-state index is 12.2. The fourth-order valence-corrected chi connectivity index (χ4v) is 4.12. The van der Waals surface area contributed by atoms with Crippen molar-refractivity contribution >= 4 is 10.0 Å². The smallest absolute Gasteiger partial charge is 0.216 e. The predicted octanol–water partition coefficient (Wildman–Crippen LogP) is 0.425. The molecular weight excluding hydrogens is 252 g/mol. The lowest BCUT2D eigenvalue weighted by Crippen LogP contribution is -2.41. The predicted molar refractivity (Wildman–Crippen MR) is 71.0 cm³/mol. The third-order valence-electron chi connectivity index (χ3n) is 3.75. The third kappa shape index (κ3) is 3.44. The summed E-state index contributed by atoms with van der Waals surface area (Å²) in [6, 6.07) is 0.361. The molecule has 2 saturated heterocycles. The largest absolute Gasteiger partial charge is 0.378 e. The van der Waals surface area contributed by atoms with E-state index >= 15 is 0 Å². The molecule has 2 unspecified atom stereocenters. The van der Waals surface area contributed by atoms with Crippen molar-refractivity contribution in [1.82, 2.24) is 9.62 Å². The molecule has 0 radical (unpaired) electrons. The van der Waals surface area contributed by atoms with Gasteiger partial charge >= 0.3 is 0 Å². The SMILES string of the molecule is CC(C)OCCS(=O)(=O)N1CC2CCCNC2C1. The van der Waals surface area contributed by atoms with Gasteiger partial charge in [0, 0.05) is 19.1 Å². The van der Waals surface area contributed by atoms with E-state index in [1.807, 2.05) is 13.8 Å². The summed E-state index contributed by atoms with van der Waals surface area (Å²) in [4.78, 5) is 0. The minimum atomic E-state index is -3.15. The van der Waals surface area contributed by atoms with Gasteiger partial charge in [-0.3, -0.25) is 0 Å². The molecule has 1 N–H and O–H groups in total. The molecule has 0 aromatic rings. The molecule has 0 bridgehead atoms. The topological polar surface area (TPSA) is 58.6 Å². The van der Waals surface area contributed by atoms with E-state index in [2.05, 4.69) is 5.32 Å². The first-order valence-electron chi connectivity index (χ1n) is 6.82. The van der Waals surface area contributed by atoms with Gasteiger partial charge in [-0.2, -0.15) is 4.31 Å². The zero-order chi connectivity index (χ0) is 13.2. The maximum absolute atomic E-state index is 12.2. The minimum Gasteiger partial charge on any atom is -0.378 e. The van der Waals surface area contributed by atoms with Crippen LogP contribution in [0.5, 0.6) is 0 Å². The van der Waals surface area contributed by atoms with Gasteiger partial charge in [-0.15, -0.1) is 0 Å². The molecule has 18 heavy (non-hydrogen) atoms. The number of ether oxygens (including phenoxy) is 1. The van der Waals surface area contributed by atoms with Crippen LogP contribution in [-0.2, 0) is 14.8 Å². The molecule has 106 valence electrons. The quantitative estimate of drug-likeness (QED) is 0.791. The first-order chi connectivity index (χ1) is 8.49. The van der Waals surface area contributed by atoms with Crippen molar-refractivity contribution in [2.75, 3.05) is 32.0 Å². The Bertz CT molecular complexity index is 356. The van der Waals surface area contributed by atoms with Crippen LogP contribution >= 0.6 is 0 Å². The van der Waals surface area contributed by atoms with Gasteiger partial charge < -0.3 is 10.1 Å². The van der Waals surface area contributed by atoms with Crippen LogP contribution in [0.3, 0.4) is 0 Å². The maximum Gasteiger partial charge on any atom is 0.216 e. The zero-order valence-corrected chi connectivity index (χ0v) is 12.1. The number of piperidine rings is 1. The van der Waals surface area contributed by atoms with Crippen LogP contribution in [0.25, 0.3) is 0 Å². The van der Waals surface area contributed by atoms with Crippen LogP contribution in [0.15, 0.2) is 0 Å². The average molecular weight is 276 g/mol. The van der Waals surface area contributed by atoms with Gasteiger partial charge in [-0.25, -0.2) is 8.42 Å². The number of fused-ring (bicyclic) bond motifs is 1. The summed E-state index contributed by atoms with van der Waals surface area (Å²) in [5, 5.41) is 3.42. The highest BCUT2D eigenvalue weighted by Gasteiger charge is 2.39. The summed E-state index contributed by atoms with van der Waals surface area (Å²) in [6.07, 6.45) is 2.39. The van der Waals surface area contributed by atoms with E-state index in [-0.39, 0.29) is 11.9 Å². The molecule has 0 amide bonds. The molecule has 2 aliphatic heterocycles. The van der Waals surface area contributed by atoms with Gasteiger partial charge in [0.2, 0.25) is 10.0 Å². The molecule has 2 fully saturated rings. The third-order valence-corrected chi connectivity index (χ3v) is 5.52. The van der Waals surface area contributed by atoms with E-state index in [4.69, 9.17) is 4.74 Å². The van der Waals surface area contributed by atoms with Gasteiger partial charge in [-0.05, 0) is 39.2 Å². The summed E-state index contributed by atoms with van der Waals surface area (Å²) in [5.41, 5.74) is 0. The second-order valence-electron chi connectivity index (χ2n) is 5.52. The normalized spacial score (nSPS) is 29.7. The molecule has 0 aromatic carbocycles. The highest BCUT2D eigenvalue weighted by atomic mass is 32.2. The van der Waals surface area contributed by atoms with Gasteiger partial charge in [0.15, 0.2) is 0 Å². The van der Waals surface area contributed by atoms with Gasteiger partial charge in [0.05, 0.1) is 18.5 Å². The van der Waals surface area contributed by atoms with Gasteiger partial charge in [-0.1, -0.05) is 0 Å². The first kappa shape index (κ1) is 14.2. The molecule has 6 heteroatoms. The van der Waals surface area contributed by atoms with Crippen LogP contribution in [0.1, 0.15) is 26.7 Å². The summed E-state index contributed by atoms with van der Waals surface area (Å²) >= 11 is 0. The van der Waals surface area contributed by atoms with Crippen molar-refractivity contribution in [3.63, 3.8) is 0 Å². The van der Waals surface area contributed by atoms with Crippen LogP contribution in [0.2, 0.25) is 0 Å². The first-order valence-corrected chi connectivity index (χ1v) is 8.43. The summed E-state index contributed by atoms with van der Waals surface area (Å²) < 4.78 is 31.3. The standard InChI is InChI=1S/C12H24N2O3S/c1-10(2)17-6-7-18(15,16)14-8-11-4-3-5-13-12(11)9-14/h10-13H,3-9H2,1-2H3. The number of hydrogen-bond donors (Lipinski definition) is 1. The molecule has 2 aliphatic rings. The van der Waals surface area contributed by atoms with Gasteiger partial charge in [0.25, 0.3) is 0 Å². The molecule has 2 atom stereocenters. The molecule has 0 spiro atoms. The lowest BCUT2D eigenvalue weighted by molar-refractivity contribution is 0.0907. The average Bonchev–Trinajstić information content (AvgIpc) is 2.72. The zero-order valence-electron chi connectivity index (χ0n) is 11.3. The molecule has 2 heterocycles. The van der Waals surface area contributed by atoms with Crippen LogP contribution in [0, 0.1) is 5.92 Å². The lowest BCUT2D eigenvalue weighted by Gasteiger charge is -2.24. The Labute approximate surface area is 110 Å². The summed E-state index contributed by atoms with van der Waals surface area (Å²) in [7, 11) is -3.15. The molecule has 5 nitrogen and oxygen atoms in total. The highest BCUT2D eigenvalue weighted by molar-refractivity contribution is 7.89. The number of nitrogens with one attached hydrogen (secondary N) is 1. The van der Waals surface area contributed by atoms with Crippen molar-refractivity contribution in [3.8, 4) is 0 Å². The van der Waals surface area contributed by atoms with Crippen LogP contribution in [-0.4, -0.2) is 56.9 Å². The van der Waals surface area contributed by atoms with Gasteiger partial charge in [0.1, 0.15) is 0 Å². The molecule has 2 rings (SSSR count). The minimum absolute atomic E-state index is 0.0861. The van der Waals surface area contributed by atoms with E-state index in [1.165, 1.54) is 0 Å². The Morgan fingerprint density at radius 3 is 2.83 bits per heavy atom. The fourth-order valence-electron chi connectivity index (χ4n) is 2.75. The second-order valence-corrected chi connectivity index (χ2v) is 7.60. The van der Waals surface area contributed by atoms with Crippen molar-refractivity contribution in [3.05, 3.63) is 0 Å². The second kappa shape index (κ2) is 5.86. The summed E-state index contributed by atoms with van der Waals surface area (Å²) in [5.74, 6) is 0.601. The van der Waals surface area contributed by atoms with Crippen LogP contribution < -0.4 is 5.32 Å². The lowest BCUT2D eigenvalue weighted by atomic mass is 9.94. The Morgan fingerprint density at radius 1 is 1.39 bits per heavy atom. The molecule has 0 aliphatic carbocycles. The number of nitrogens with zero attached hydrogens (tertiary/aromatic N) is 1. The van der Waals surface area contributed by atoms with Crippen LogP contribution in [0.4, 0.5) is 0 Å². The Morgan fingerprint density at radius 2 is 2.17 bits per heavy atom. The molecule has 0 aromatic heterocycles. The Balaban J connectivity index is 1.87. The van der Waals surface area contributed by atoms with E-state index in [0.717, 1.165) is 19.4 Å². The number of rotatable bonds is 5. The number of hydrogen-bond acceptors (Lipinski definition) is 4. The van der Waals surface area contributed by atoms with E-state index < -0.39 is 10.0 Å². The number of sulfonamides is 1. The van der Waals surface area contributed by atoms with E-state index in [9.17, 15) is 8.42 Å². The monoisotopic (exact) mass is 276 g/mol. The summed E-state index contributed by atoms with van der Waals surface area (Å²) in [6.45, 7) is 6.46. The van der Waals surface area contributed by atoms with E-state index in [1.54, 1.807) is 4.31 Å². The van der Waals surface area contributed by atoms with Crippen molar-refractivity contribution < 1.29 is 13.2 Å². The van der Waals surface area contributed by atoms with Crippen molar-refractivity contribution in [2.45, 2.75) is 38.8 Å². The van der Waals surface area contributed by atoms with Crippen molar-refractivity contribution in [1.29, 1.82) is 0 Å². The van der Waals surface area contributed by atoms with E-state index in [0.29, 0.717) is 31.7 Å². The molecular formula is C12H24N2O3S.